The SMILES string of the molecule is O=Cc1c(F)ccc(F)c1Br. The van der Waals surface area contributed by atoms with Gasteiger partial charge in [0.2, 0.25) is 0 Å². The van der Waals surface area contributed by atoms with Crippen LogP contribution in [0.2, 0.25) is 0 Å². The van der Waals surface area contributed by atoms with Crippen LogP contribution >= 0.6 is 15.9 Å². The molecule has 58 valence electrons. The van der Waals surface area contributed by atoms with Crippen LogP contribution in [0.25, 0.3) is 0 Å². The summed E-state index contributed by atoms with van der Waals surface area (Å²) in [5, 5.41) is 0. The minimum absolute atomic E-state index is 0.132. The van der Waals surface area contributed by atoms with E-state index in [0.29, 0.717) is 0 Å². The summed E-state index contributed by atoms with van der Waals surface area (Å²) in [6, 6.07) is 1.86. The van der Waals surface area contributed by atoms with Gasteiger partial charge in [0.15, 0.2) is 6.29 Å². The predicted molar refractivity (Wildman–Crippen MR) is 39.4 cm³/mol. The van der Waals surface area contributed by atoms with Crippen LogP contribution < -0.4 is 0 Å². The maximum Gasteiger partial charge on any atom is 0.154 e. The van der Waals surface area contributed by atoms with Gasteiger partial charge < -0.3 is 0 Å². The largest absolute Gasteiger partial charge is 0.298 e. The molecule has 0 aliphatic heterocycles. The van der Waals surface area contributed by atoms with Crippen molar-refractivity contribution < 1.29 is 13.6 Å². The molecule has 0 heterocycles. The fraction of sp³-hybridized carbons (Fsp3) is 0. The Labute approximate surface area is 70.2 Å². The van der Waals surface area contributed by atoms with Gasteiger partial charge in [0.25, 0.3) is 0 Å². The lowest BCUT2D eigenvalue weighted by Crippen LogP contribution is -1.91. The number of carbonyl (C=O) groups is 1. The first-order valence-corrected chi connectivity index (χ1v) is 3.55. The van der Waals surface area contributed by atoms with E-state index in [9.17, 15) is 13.6 Å². The van der Waals surface area contributed by atoms with Crippen LogP contribution in [0.4, 0.5) is 8.78 Å². The molecule has 0 aliphatic rings. The Hall–Kier alpha value is -0.770. The van der Waals surface area contributed by atoms with E-state index >= 15 is 0 Å². The molecule has 0 unspecified atom stereocenters. The maximum atomic E-state index is 12.6. The highest BCUT2D eigenvalue weighted by molar-refractivity contribution is 9.10. The Kier molecular flexibility index (Phi) is 2.34. The third-order valence-electron chi connectivity index (χ3n) is 1.20. The van der Waals surface area contributed by atoms with E-state index in [1.807, 2.05) is 0 Å². The van der Waals surface area contributed by atoms with Crippen molar-refractivity contribution in [3.05, 3.63) is 33.8 Å². The van der Waals surface area contributed by atoms with Crippen LogP contribution in [0.1, 0.15) is 10.4 Å². The van der Waals surface area contributed by atoms with Gasteiger partial charge >= 0.3 is 0 Å². The molecule has 0 saturated carbocycles. The van der Waals surface area contributed by atoms with Crippen molar-refractivity contribution in [2.75, 3.05) is 0 Å². The molecule has 0 bridgehead atoms. The van der Waals surface area contributed by atoms with Gasteiger partial charge in [0, 0.05) is 0 Å². The number of carbonyl (C=O) groups excluding carboxylic acids is 1. The normalized spacial score (nSPS) is 9.73. The first-order chi connectivity index (χ1) is 5.16. The lowest BCUT2D eigenvalue weighted by molar-refractivity contribution is 0.111. The molecule has 0 atom stereocenters. The van der Waals surface area contributed by atoms with Crippen LogP contribution in [0.15, 0.2) is 16.6 Å². The molecule has 11 heavy (non-hydrogen) atoms. The van der Waals surface area contributed by atoms with E-state index in [2.05, 4.69) is 15.9 Å². The molecular weight excluding hydrogens is 218 g/mol. The third-order valence-corrected chi connectivity index (χ3v) is 2.00. The fourth-order valence-electron chi connectivity index (χ4n) is 0.651. The molecule has 0 radical (unpaired) electrons. The quantitative estimate of drug-likeness (QED) is 0.526. The lowest BCUT2D eigenvalue weighted by Gasteiger charge is -1.97. The van der Waals surface area contributed by atoms with Crippen LogP contribution in [-0.2, 0) is 0 Å². The summed E-state index contributed by atoms with van der Waals surface area (Å²) >= 11 is 2.74. The maximum absolute atomic E-state index is 12.6. The van der Waals surface area contributed by atoms with Crippen molar-refractivity contribution in [1.82, 2.24) is 0 Å². The first kappa shape index (κ1) is 8.33. The summed E-state index contributed by atoms with van der Waals surface area (Å²) in [6.07, 6.45) is 0.266. The second-order valence-electron chi connectivity index (χ2n) is 1.87. The fourth-order valence-corrected chi connectivity index (χ4v) is 1.07. The molecule has 0 amide bonds. The molecule has 1 aromatic carbocycles. The topological polar surface area (TPSA) is 17.1 Å². The van der Waals surface area contributed by atoms with Crippen LogP contribution in [0, 0.1) is 11.6 Å². The molecule has 0 N–H and O–H groups in total. The molecule has 0 aliphatic carbocycles. The molecular formula is C7H3BrF2O. The molecule has 1 nitrogen and oxygen atoms in total. The number of benzene rings is 1. The van der Waals surface area contributed by atoms with Gasteiger partial charge in [0.05, 0.1) is 10.0 Å². The Morgan fingerprint density at radius 2 is 1.82 bits per heavy atom. The molecule has 4 heteroatoms. The van der Waals surface area contributed by atoms with E-state index in [1.165, 1.54) is 0 Å². The van der Waals surface area contributed by atoms with Crippen molar-refractivity contribution in [3.63, 3.8) is 0 Å². The number of halogens is 3. The van der Waals surface area contributed by atoms with Crippen LogP contribution in [-0.4, -0.2) is 6.29 Å². The lowest BCUT2D eigenvalue weighted by atomic mass is 10.2. The van der Waals surface area contributed by atoms with Gasteiger partial charge in [-0.3, -0.25) is 4.79 Å². The number of rotatable bonds is 1. The Morgan fingerprint density at radius 1 is 1.27 bits per heavy atom. The molecule has 0 fully saturated rings. The summed E-state index contributed by atoms with van der Waals surface area (Å²) in [6.45, 7) is 0. The van der Waals surface area contributed by atoms with E-state index < -0.39 is 11.6 Å². The molecule has 0 spiro atoms. The highest BCUT2D eigenvalue weighted by Crippen LogP contribution is 2.21. The average molecular weight is 221 g/mol. The zero-order valence-corrected chi connectivity index (χ0v) is 6.86. The van der Waals surface area contributed by atoms with E-state index in [-0.39, 0.29) is 16.3 Å². The summed E-state index contributed by atoms with van der Waals surface area (Å²) in [5.74, 6) is -1.37. The zero-order chi connectivity index (χ0) is 8.43. The number of aldehydes is 1. The van der Waals surface area contributed by atoms with Gasteiger partial charge in [-0.1, -0.05) is 0 Å². The predicted octanol–water partition coefficient (Wildman–Crippen LogP) is 2.54. The highest BCUT2D eigenvalue weighted by atomic mass is 79.9. The number of hydrogen-bond donors (Lipinski definition) is 0. The highest BCUT2D eigenvalue weighted by Gasteiger charge is 2.09. The van der Waals surface area contributed by atoms with Crippen molar-refractivity contribution in [2.45, 2.75) is 0 Å². The van der Waals surface area contributed by atoms with E-state index in [1.54, 1.807) is 0 Å². The second kappa shape index (κ2) is 3.09. The molecule has 0 saturated heterocycles. The van der Waals surface area contributed by atoms with E-state index in [0.717, 1.165) is 12.1 Å². The molecule has 1 aromatic rings. The smallest absolute Gasteiger partial charge is 0.154 e. The first-order valence-electron chi connectivity index (χ1n) is 2.75. The summed E-state index contributed by atoms with van der Waals surface area (Å²) in [4.78, 5) is 10.2. The van der Waals surface area contributed by atoms with Crippen molar-refractivity contribution in [2.24, 2.45) is 0 Å². The van der Waals surface area contributed by atoms with Crippen LogP contribution in [0.5, 0.6) is 0 Å². The zero-order valence-electron chi connectivity index (χ0n) is 5.27. The minimum Gasteiger partial charge on any atom is -0.298 e. The Bertz CT molecular complexity index is 299. The van der Waals surface area contributed by atoms with Gasteiger partial charge in [-0.15, -0.1) is 0 Å². The monoisotopic (exact) mass is 220 g/mol. The van der Waals surface area contributed by atoms with Crippen molar-refractivity contribution in [1.29, 1.82) is 0 Å². The van der Waals surface area contributed by atoms with Gasteiger partial charge in [-0.05, 0) is 28.1 Å². The van der Waals surface area contributed by atoms with Gasteiger partial charge in [-0.25, -0.2) is 8.78 Å². The minimum atomic E-state index is -0.728. The molecule has 1 rings (SSSR count). The Balaban J connectivity index is 3.40. The second-order valence-corrected chi connectivity index (χ2v) is 2.67. The summed E-state index contributed by atoms with van der Waals surface area (Å²) < 4.78 is 25.0. The Morgan fingerprint density at radius 3 is 2.27 bits per heavy atom. The summed E-state index contributed by atoms with van der Waals surface area (Å²) in [5.41, 5.74) is -0.287. The van der Waals surface area contributed by atoms with Gasteiger partial charge in [-0.2, -0.15) is 0 Å². The third kappa shape index (κ3) is 1.45. The standard InChI is InChI=1S/C7H3BrF2O/c8-7-4(3-11)5(9)1-2-6(7)10/h1-3H. The summed E-state index contributed by atoms with van der Waals surface area (Å²) in [7, 11) is 0. The van der Waals surface area contributed by atoms with Crippen molar-refractivity contribution >= 4 is 22.2 Å². The average Bonchev–Trinajstić information content (AvgIpc) is 1.99. The van der Waals surface area contributed by atoms with E-state index in [4.69, 9.17) is 0 Å². The molecule has 0 aromatic heterocycles. The van der Waals surface area contributed by atoms with Crippen molar-refractivity contribution in [3.8, 4) is 0 Å². The number of hydrogen-bond acceptors (Lipinski definition) is 1. The van der Waals surface area contributed by atoms with Gasteiger partial charge in [0.1, 0.15) is 11.6 Å². The van der Waals surface area contributed by atoms with Crippen LogP contribution in [0.3, 0.4) is 0 Å².